The molecule has 0 bridgehead atoms. The Morgan fingerprint density at radius 2 is 1.73 bits per heavy atom. The van der Waals surface area contributed by atoms with Crippen LogP contribution in [0.2, 0.25) is 0 Å². The van der Waals surface area contributed by atoms with Gasteiger partial charge < -0.3 is 19.3 Å². The monoisotopic (exact) mass is 446 g/mol. The van der Waals surface area contributed by atoms with Crippen LogP contribution in [0.1, 0.15) is 0 Å². The SMILES string of the molecule is COc1ccccc1NC(=O)COc1ccccc1-c1noc(-c2ccc([N+](=O)[O-])cc2)n1. The molecule has 166 valence electrons. The largest absolute Gasteiger partial charge is 0.495 e. The van der Waals surface area contributed by atoms with Crippen LogP contribution in [0.15, 0.2) is 77.3 Å². The molecular formula is C23H18N4O6. The summed E-state index contributed by atoms with van der Waals surface area (Å²) in [6, 6.07) is 19.8. The predicted molar refractivity (Wildman–Crippen MR) is 119 cm³/mol. The molecule has 0 aliphatic rings. The molecule has 1 N–H and O–H groups in total. The Labute approximate surface area is 187 Å². The first-order valence-corrected chi connectivity index (χ1v) is 9.79. The van der Waals surface area contributed by atoms with Gasteiger partial charge in [0.1, 0.15) is 11.5 Å². The fourth-order valence-corrected chi connectivity index (χ4v) is 3.03. The number of hydrogen-bond donors (Lipinski definition) is 1. The number of amides is 1. The van der Waals surface area contributed by atoms with E-state index in [1.165, 1.54) is 31.4 Å². The molecule has 4 rings (SSSR count). The third kappa shape index (κ3) is 4.96. The van der Waals surface area contributed by atoms with Crippen LogP contribution in [0.5, 0.6) is 11.5 Å². The zero-order valence-corrected chi connectivity index (χ0v) is 17.4. The molecule has 0 aliphatic carbocycles. The van der Waals surface area contributed by atoms with E-state index in [1.54, 1.807) is 48.5 Å². The number of nitrogens with zero attached hydrogens (tertiary/aromatic N) is 3. The normalized spacial score (nSPS) is 10.5. The number of para-hydroxylation sites is 3. The number of carbonyl (C=O) groups is 1. The molecule has 1 amide bonds. The third-order valence-electron chi connectivity index (χ3n) is 4.62. The van der Waals surface area contributed by atoms with Crippen LogP contribution in [0.3, 0.4) is 0 Å². The first-order chi connectivity index (χ1) is 16.0. The minimum atomic E-state index is -0.485. The Balaban J connectivity index is 1.48. The third-order valence-corrected chi connectivity index (χ3v) is 4.62. The second-order valence-electron chi connectivity index (χ2n) is 6.76. The lowest BCUT2D eigenvalue weighted by molar-refractivity contribution is -0.384. The van der Waals surface area contributed by atoms with Gasteiger partial charge in [-0.1, -0.05) is 29.4 Å². The van der Waals surface area contributed by atoms with Crippen LogP contribution >= 0.6 is 0 Å². The summed E-state index contributed by atoms with van der Waals surface area (Å²) in [4.78, 5) is 27.1. The summed E-state index contributed by atoms with van der Waals surface area (Å²) >= 11 is 0. The van der Waals surface area contributed by atoms with E-state index in [4.69, 9.17) is 14.0 Å². The second kappa shape index (κ2) is 9.60. The Morgan fingerprint density at radius 1 is 1.03 bits per heavy atom. The minimum absolute atomic E-state index is 0.0383. The fourth-order valence-electron chi connectivity index (χ4n) is 3.03. The van der Waals surface area contributed by atoms with Crippen molar-refractivity contribution < 1.29 is 23.7 Å². The van der Waals surface area contributed by atoms with Gasteiger partial charge in [0.05, 0.1) is 23.3 Å². The number of methoxy groups -OCH3 is 1. The Morgan fingerprint density at radius 3 is 2.45 bits per heavy atom. The summed E-state index contributed by atoms with van der Waals surface area (Å²) < 4.78 is 16.2. The van der Waals surface area contributed by atoms with Gasteiger partial charge in [-0.3, -0.25) is 14.9 Å². The summed E-state index contributed by atoms with van der Waals surface area (Å²) in [5, 5.41) is 17.5. The molecule has 10 heteroatoms. The average Bonchev–Trinajstić information content (AvgIpc) is 3.33. The van der Waals surface area contributed by atoms with Crippen molar-refractivity contribution in [3.63, 3.8) is 0 Å². The van der Waals surface area contributed by atoms with E-state index in [2.05, 4.69) is 15.5 Å². The lowest BCUT2D eigenvalue weighted by atomic mass is 10.2. The van der Waals surface area contributed by atoms with Gasteiger partial charge in [0, 0.05) is 17.7 Å². The molecule has 33 heavy (non-hydrogen) atoms. The van der Waals surface area contributed by atoms with E-state index in [1.807, 2.05) is 0 Å². The molecule has 1 heterocycles. The van der Waals surface area contributed by atoms with Crippen molar-refractivity contribution >= 4 is 17.3 Å². The van der Waals surface area contributed by atoms with Crippen molar-refractivity contribution in [3.8, 4) is 34.3 Å². The molecule has 0 saturated carbocycles. The highest BCUT2D eigenvalue weighted by atomic mass is 16.6. The van der Waals surface area contributed by atoms with E-state index in [-0.39, 0.29) is 29.9 Å². The highest BCUT2D eigenvalue weighted by Gasteiger charge is 2.16. The zero-order valence-electron chi connectivity index (χ0n) is 17.4. The Bertz CT molecular complexity index is 1290. The van der Waals surface area contributed by atoms with Crippen molar-refractivity contribution in [3.05, 3.63) is 82.9 Å². The highest BCUT2D eigenvalue weighted by Crippen LogP contribution is 2.30. The van der Waals surface area contributed by atoms with Crippen LogP contribution in [-0.4, -0.2) is 34.7 Å². The van der Waals surface area contributed by atoms with Crippen molar-refractivity contribution in [2.45, 2.75) is 0 Å². The van der Waals surface area contributed by atoms with Gasteiger partial charge in [-0.05, 0) is 36.4 Å². The van der Waals surface area contributed by atoms with E-state index in [9.17, 15) is 14.9 Å². The summed E-state index contributed by atoms with van der Waals surface area (Å²) in [6.07, 6.45) is 0. The average molecular weight is 446 g/mol. The molecule has 10 nitrogen and oxygen atoms in total. The standard InChI is InChI=1S/C23H18N4O6/c1-31-20-9-5-3-7-18(20)24-21(28)14-32-19-8-4-2-6-17(19)22-25-23(33-26-22)15-10-12-16(13-11-15)27(29)30/h2-13H,14H2,1H3,(H,24,28). The maximum Gasteiger partial charge on any atom is 0.269 e. The molecule has 0 radical (unpaired) electrons. The van der Waals surface area contributed by atoms with E-state index < -0.39 is 4.92 Å². The molecule has 3 aromatic carbocycles. The maximum absolute atomic E-state index is 12.4. The number of aromatic nitrogens is 2. The lowest BCUT2D eigenvalue weighted by Crippen LogP contribution is -2.20. The van der Waals surface area contributed by atoms with Crippen molar-refractivity contribution in [2.24, 2.45) is 0 Å². The quantitative estimate of drug-likeness (QED) is 0.313. The van der Waals surface area contributed by atoms with Gasteiger partial charge in [0.25, 0.3) is 17.5 Å². The van der Waals surface area contributed by atoms with Crippen LogP contribution in [-0.2, 0) is 4.79 Å². The number of benzene rings is 3. The van der Waals surface area contributed by atoms with Crippen molar-refractivity contribution in [1.29, 1.82) is 0 Å². The minimum Gasteiger partial charge on any atom is -0.495 e. The van der Waals surface area contributed by atoms with E-state index in [0.29, 0.717) is 28.3 Å². The number of rotatable bonds is 8. The molecular weight excluding hydrogens is 428 g/mol. The molecule has 4 aromatic rings. The molecule has 0 atom stereocenters. The molecule has 0 spiro atoms. The van der Waals surface area contributed by atoms with E-state index in [0.717, 1.165) is 0 Å². The van der Waals surface area contributed by atoms with Gasteiger partial charge >= 0.3 is 0 Å². The summed E-state index contributed by atoms with van der Waals surface area (Å²) in [5.41, 5.74) is 1.56. The smallest absolute Gasteiger partial charge is 0.269 e. The summed E-state index contributed by atoms with van der Waals surface area (Å²) in [5.74, 6) is 1.02. The highest BCUT2D eigenvalue weighted by molar-refractivity contribution is 5.93. The summed E-state index contributed by atoms with van der Waals surface area (Å²) in [7, 11) is 1.52. The van der Waals surface area contributed by atoms with Crippen LogP contribution < -0.4 is 14.8 Å². The number of non-ortho nitro benzene ring substituents is 1. The Kier molecular flexibility index (Phi) is 6.26. The maximum atomic E-state index is 12.4. The number of nitro benzene ring substituents is 1. The number of nitrogens with one attached hydrogen (secondary N) is 1. The number of carbonyl (C=O) groups excluding carboxylic acids is 1. The van der Waals surface area contributed by atoms with Crippen LogP contribution in [0.4, 0.5) is 11.4 Å². The topological polar surface area (TPSA) is 130 Å². The lowest BCUT2D eigenvalue weighted by Gasteiger charge is -2.11. The molecule has 0 fully saturated rings. The molecule has 0 saturated heterocycles. The first-order valence-electron chi connectivity index (χ1n) is 9.79. The van der Waals surface area contributed by atoms with Gasteiger partial charge in [0.2, 0.25) is 5.82 Å². The number of anilines is 1. The van der Waals surface area contributed by atoms with Gasteiger partial charge in [-0.15, -0.1) is 0 Å². The second-order valence-corrected chi connectivity index (χ2v) is 6.76. The number of hydrogen-bond acceptors (Lipinski definition) is 8. The van der Waals surface area contributed by atoms with E-state index >= 15 is 0 Å². The van der Waals surface area contributed by atoms with Crippen molar-refractivity contribution in [2.75, 3.05) is 19.0 Å². The zero-order chi connectivity index (χ0) is 23.2. The molecule has 0 unspecified atom stereocenters. The summed E-state index contributed by atoms with van der Waals surface area (Å²) in [6.45, 7) is -0.248. The number of nitro groups is 1. The van der Waals surface area contributed by atoms with Gasteiger partial charge in [-0.2, -0.15) is 4.98 Å². The predicted octanol–water partition coefficient (Wildman–Crippen LogP) is 4.34. The number of ether oxygens (including phenoxy) is 2. The first kappa shape index (κ1) is 21.5. The Hall–Kier alpha value is -4.73. The molecule has 1 aromatic heterocycles. The van der Waals surface area contributed by atoms with Crippen LogP contribution in [0.25, 0.3) is 22.8 Å². The van der Waals surface area contributed by atoms with Crippen LogP contribution in [0, 0.1) is 10.1 Å². The van der Waals surface area contributed by atoms with Crippen molar-refractivity contribution in [1.82, 2.24) is 10.1 Å². The molecule has 0 aliphatic heterocycles. The van der Waals surface area contributed by atoms with Gasteiger partial charge in [0.15, 0.2) is 6.61 Å². The van der Waals surface area contributed by atoms with Gasteiger partial charge in [-0.25, -0.2) is 0 Å². The fraction of sp³-hybridized carbons (Fsp3) is 0.0870.